The first-order valence-electron chi connectivity index (χ1n) is 9.30. The normalized spacial score (nSPS) is 18.4. The lowest BCUT2D eigenvalue weighted by Gasteiger charge is -2.24. The number of pyridine rings is 1. The zero-order valence-electron chi connectivity index (χ0n) is 15.9. The Labute approximate surface area is 167 Å². The summed E-state index contributed by atoms with van der Waals surface area (Å²) in [6.45, 7) is 2.23. The molecule has 3 aromatic rings. The molecule has 1 fully saturated rings. The van der Waals surface area contributed by atoms with Crippen LogP contribution in [-0.4, -0.2) is 43.2 Å². The molecule has 1 aromatic carbocycles. The number of nitrogens with one attached hydrogen (secondary N) is 1. The van der Waals surface area contributed by atoms with E-state index in [1.54, 1.807) is 49.1 Å². The van der Waals surface area contributed by atoms with Gasteiger partial charge >= 0.3 is 0 Å². The third-order valence-electron chi connectivity index (χ3n) is 5.01. The van der Waals surface area contributed by atoms with Gasteiger partial charge in [-0.2, -0.15) is 0 Å². The van der Waals surface area contributed by atoms with Gasteiger partial charge in [-0.3, -0.25) is 14.6 Å². The van der Waals surface area contributed by atoms with Crippen LogP contribution in [0.3, 0.4) is 0 Å². The summed E-state index contributed by atoms with van der Waals surface area (Å²) in [5.41, 5.74) is 2.96. The molecule has 146 valence electrons. The van der Waals surface area contributed by atoms with E-state index in [-0.39, 0.29) is 11.3 Å². The molecule has 7 heteroatoms. The predicted molar refractivity (Wildman–Crippen MR) is 107 cm³/mol. The summed E-state index contributed by atoms with van der Waals surface area (Å²) in [4.78, 5) is 38.5. The van der Waals surface area contributed by atoms with Crippen molar-refractivity contribution < 1.29 is 14.7 Å². The summed E-state index contributed by atoms with van der Waals surface area (Å²) in [5, 5.41) is 10.9. The molecule has 7 nitrogen and oxygen atoms in total. The average molecular weight is 388 g/mol. The van der Waals surface area contributed by atoms with Crippen LogP contribution in [0.5, 0.6) is 0 Å². The minimum Gasteiger partial charge on any atom is -0.507 e. The van der Waals surface area contributed by atoms with Gasteiger partial charge in [0.1, 0.15) is 11.8 Å². The van der Waals surface area contributed by atoms with Gasteiger partial charge in [0.05, 0.1) is 17.6 Å². The second kappa shape index (κ2) is 7.71. The number of aliphatic hydroxyl groups excluding tert-OH is 1. The van der Waals surface area contributed by atoms with E-state index in [1.807, 2.05) is 19.1 Å². The Hall–Kier alpha value is -3.74. The highest BCUT2D eigenvalue weighted by atomic mass is 16.3. The number of nitrogens with zero attached hydrogens (tertiary/aromatic N) is 3. The van der Waals surface area contributed by atoms with Crippen molar-refractivity contribution in [3.63, 3.8) is 0 Å². The van der Waals surface area contributed by atoms with Crippen LogP contribution in [0.15, 0.2) is 66.8 Å². The molecule has 1 amide bonds. The maximum Gasteiger partial charge on any atom is 0.295 e. The fourth-order valence-electron chi connectivity index (χ4n) is 3.49. The minimum atomic E-state index is -0.750. The number of aryl methyl sites for hydroxylation is 1. The molecule has 1 aliphatic heterocycles. The number of Topliss-reactive ketones (excluding diaryl/α,β-unsaturated/α-hetero) is 1. The molecular weight excluding hydrogens is 368 g/mol. The molecule has 0 bridgehead atoms. The van der Waals surface area contributed by atoms with Gasteiger partial charge in [0.15, 0.2) is 0 Å². The number of likely N-dealkylation sites (tertiary alicyclic amines) is 1. The van der Waals surface area contributed by atoms with Gasteiger partial charge in [0.2, 0.25) is 0 Å². The zero-order valence-corrected chi connectivity index (χ0v) is 15.9. The van der Waals surface area contributed by atoms with E-state index >= 15 is 0 Å². The third kappa shape index (κ3) is 3.54. The first-order chi connectivity index (χ1) is 14.1. The molecule has 3 heterocycles. The van der Waals surface area contributed by atoms with E-state index in [1.165, 1.54) is 4.90 Å². The predicted octanol–water partition coefficient (Wildman–Crippen LogP) is 2.78. The van der Waals surface area contributed by atoms with Crippen molar-refractivity contribution in [1.29, 1.82) is 0 Å². The molecule has 2 N–H and O–H groups in total. The summed E-state index contributed by atoms with van der Waals surface area (Å²) >= 11 is 0. The van der Waals surface area contributed by atoms with Gasteiger partial charge in [0.25, 0.3) is 11.7 Å². The standard InChI is InChI=1S/C22H20N4O3/c1-14-5-7-15(8-6-14)20(27)18-19(17-4-2-3-10-24-17)26(22(29)21(18)28)11-9-16-12-23-13-25-16/h2-8,10,12-13,19,27H,9,11H2,1H3,(H,23,25)/b20-18-. The average Bonchev–Trinajstić information content (AvgIpc) is 3.34. The van der Waals surface area contributed by atoms with Crippen molar-refractivity contribution in [3.8, 4) is 0 Å². The van der Waals surface area contributed by atoms with Gasteiger partial charge in [-0.05, 0) is 19.1 Å². The zero-order chi connectivity index (χ0) is 20.4. The topological polar surface area (TPSA) is 99.2 Å². The van der Waals surface area contributed by atoms with Gasteiger partial charge in [-0.25, -0.2) is 4.98 Å². The van der Waals surface area contributed by atoms with Crippen molar-refractivity contribution in [2.75, 3.05) is 6.54 Å². The fourth-order valence-corrected chi connectivity index (χ4v) is 3.49. The van der Waals surface area contributed by atoms with Gasteiger partial charge < -0.3 is 15.0 Å². The molecular formula is C22H20N4O3. The van der Waals surface area contributed by atoms with Crippen LogP contribution < -0.4 is 0 Å². The number of ketones is 1. The largest absolute Gasteiger partial charge is 0.507 e. The highest BCUT2D eigenvalue weighted by Crippen LogP contribution is 2.38. The summed E-state index contributed by atoms with van der Waals surface area (Å²) in [6, 6.07) is 11.7. The molecule has 1 atom stereocenters. The van der Waals surface area contributed by atoms with Crippen LogP contribution in [0.25, 0.3) is 5.76 Å². The number of carbonyl (C=O) groups is 2. The minimum absolute atomic E-state index is 0.0576. The van der Waals surface area contributed by atoms with Gasteiger partial charge in [-0.1, -0.05) is 35.9 Å². The van der Waals surface area contributed by atoms with Crippen molar-refractivity contribution in [2.45, 2.75) is 19.4 Å². The monoisotopic (exact) mass is 388 g/mol. The first kappa shape index (κ1) is 18.6. The van der Waals surface area contributed by atoms with E-state index in [4.69, 9.17) is 0 Å². The summed E-state index contributed by atoms with van der Waals surface area (Å²) in [5.74, 6) is -1.54. The quantitative estimate of drug-likeness (QED) is 0.398. The molecule has 29 heavy (non-hydrogen) atoms. The number of imidazole rings is 1. The molecule has 1 aliphatic rings. The summed E-state index contributed by atoms with van der Waals surface area (Å²) in [6.07, 6.45) is 5.35. The van der Waals surface area contributed by atoms with E-state index in [0.717, 1.165) is 11.3 Å². The maximum absolute atomic E-state index is 12.9. The van der Waals surface area contributed by atoms with Crippen LogP contribution in [0, 0.1) is 6.92 Å². The number of hydrogen-bond donors (Lipinski definition) is 2. The lowest BCUT2D eigenvalue weighted by Crippen LogP contribution is -2.32. The van der Waals surface area contributed by atoms with Crippen LogP contribution in [0.4, 0.5) is 0 Å². The van der Waals surface area contributed by atoms with Gasteiger partial charge in [-0.15, -0.1) is 0 Å². The molecule has 0 radical (unpaired) electrons. The Morgan fingerprint density at radius 1 is 1.17 bits per heavy atom. The Morgan fingerprint density at radius 2 is 1.97 bits per heavy atom. The number of H-pyrrole nitrogens is 1. The van der Waals surface area contributed by atoms with E-state index < -0.39 is 17.7 Å². The molecule has 0 saturated carbocycles. The SMILES string of the molecule is Cc1ccc(/C(O)=C2/C(=O)C(=O)N(CCc3cnc[nH]3)C2c2ccccn2)cc1. The number of aromatic nitrogens is 3. The number of carbonyl (C=O) groups excluding carboxylic acids is 2. The van der Waals surface area contributed by atoms with Crippen molar-refractivity contribution >= 4 is 17.4 Å². The number of aliphatic hydroxyl groups is 1. The van der Waals surface area contributed by atoms with Crippen LogP contribution in [-0.2, 0) is 16.0 Å². The molecule has 4 rings (SSSR count). The summed E-state index contributed by atoms with van der Waals surface area (Å²) in [7, 11) is 0. The highest BCUT2D eigenvalue weighted by molar-refractivity contribution is 6.46. The molecule has 2 aromatic heterocycles. The maximum atomic E-state index is 12.9. The molecule has 0 spiro atoms. The number of rotatable bonds is 5. The van der Waals surface area contributed by atoms with Crippen LogP contribution in [0.2, 0.25) is 0 Å². The number of aromatic amines is 1. The lowest BCUT2D eigenvalue weighted by atomic mass is 9.98. The Kier molecular flexibility index (Phi) is 4.95. The molecule has 0 aliphatic carbocycles. The van der Waals surface area contributed by atoms with Gasteiger partial charge in [0, 0.05) is 36.6 Å². The number of benzene rings is 1. The van der Waals surface area contributed by atoms with Crippen molar-refractivity contribution in [3.05, 3.63) is 89.3 Å². The van der Waals surface area contributed by atoms with E-state index in [9.17, 15) is 14.7 Å². The molecule has 1 unspecified atom stereocenters. The first-order valence-corrected chi connectivity index (χ1v) is 9.30. The second-order valence-electron chi connectivity index (χ2n) is 6.94. The number of amides is 1. The highest BCUT2D eigenvalue weighted by Gasteiger charge is 2.46. The summed E-state index contributed by atoms with van der Waals surface area (Å²) < 4.78 is 0. The van der Waals surface area contributed by atoms with E-state index in [0.29, 0.717) is 24.2 Å². The van der Waals surface area contributed by atoms with Crippen LogP contribution >= 0.6 is 0 Å². The third-order valence-corrected chi connectivity index (χ3v) is 5.01. The Morgan fingerprint density at radius 3 is 2.62 bits per heavy atom. The van der Waals surface area contributed by atoms with Crippen molar-refractivity contribution in [2.24, 2.45) is 0 Å². The van der Waals surface area contributed by atoms with E-state index in [2.05, 4.69) is 15.0 Å². The Bertz CT molecular complexity index is 1060. The molecule has 1 saturated heterocycles. The van der Waals surface area contributed by atoms with Crippen LogP contribution in [0.1, 0.15) is 28.6 Å². The lowest BCUT2D eigenvalue weighted by molar-refractivity contribution is -0.139. The smallest absolute Gasteiger partial charge is 0.295 e. The van der Waals surface area contributed by atoms with Crippen molar-refractivity contribution in [1.82, 2.24) is 19.9 Å². The Balaban J connectivity index is 1.78. The second-order valence-corrected chi connectivity index (χ2v) is 6.94. The fraction of sp³-hybridized carbons (Fsp3) is 0.182. The number of hydrogen-bond acceptors (Lipinski definition) is 5.